The summed E-state index contributed by atoms with van der Waals surface area (Å²) in [4.78, 5) is 37.5. The topological polar surface area (TPSA) is 98.7 Å². The van der Waals surface area contributed by atoms with Gasteiger partial charge in [0.1, 0.15) is 17.7 Å². The fourth-order valence-electron chi connectivity index (χ4n) is 3.86. The number of carboxylic acid groups (broad SMARTS) is 1. The number of hydrogen-bond donors (Lipinski definition) is 3. The second-order valence-electron chi connectivity index (χ2n) is 7.85. The van der Waals surface area contributed by atoms with Crippen LogP contribution in [0.25, 0.3) is 11.1 Å². The lowest BCUT2D eigenvalue weighted by Crippen LogP contribution is -2.40. The summed E-state index contributed by atoms with van der Waals surface area (Å²) >= 11 is 0. The van der Waals surface area contributed by atoms with Crippen LogP contribution in [0.1, 0.15) is 23.2 Å². The van der Waals surface area contributed by atoms with Gasteiger partial charge in [0.25, 0.3) is 5.91 Å². The largest absolute Gasteiger partial charge is 0.480 e. The van der Waals surface area contributed by atoms with Crippen LogP contribution >= 0.6 is 0 Å². The average Bonchev–Trinajstić information content (AvgIpc) is 3.32. The molecule has 0 radical (unpaired) electrons. The van der Waals surface area contributed by atoms with Crippen molar-refractivity contribution in [2.45, 2.75) is 18.9 Å². The van der Waals surface area contributed by atoms with Crippen LogP contribution in [0.5, 0.6) is 0 Å². The number of nitrogens with zero attached hydrogens (tertiary/aromatic N) is 1. The fourth-order valence-corrected chi connectivity index (χ4v) is 3.86. The fraction of sp³-hybridized carbons (Fsp3) is 0.160. The van der Waals surface area contributed by atoms with E-state index in [9.17, 15) is 28.3 Å². The summed E-state index contributed by atoms with van der Waals surface area (Å²) in [6, 6.07) is 15.1. The minimum Gasteiger partial charge on any atom is -0.480 e. The number of hydrogen-bond acceptors (Lipinski definition) is 3. The lowest BCUT2D eigenvalue weighted by molar-refractivity contribution is -0.141. The van der Waals surface area contributed by atoms with Gasteiger partial charge in [-0.15, -0.1) is 0 Å². The molecule has 3 N–H and O–H groups in total. The van der Waals surface area contributed by atoms with Crippen molar-refractivity contribution in [1.82, 2.24) is 4.90 Å². The molecule has 1 fully saturated rings. The summed E-state index contributed by atoms with van der Waals surface area (Å²) in [6.45, 7) is 0.424. The molecule has 0 unspecified atom stereocenters. The zero-order valence-corrected chi connectivity index (χ0v) is 17.9. The van der Waals surface area contributed by atoms with Gasteiger partial charge in [0.05, 0.1) is 5.69 Å². The summed E-state index contributed by atoms with van der Waals surface area (Å²) in [5.74, 6) is -2.92. The smallest absolute Gasteiger partial charge is 0.326 e. The van der Waals surface area contributed by atoms with Gasteiger partial charge < -0.3 is 20.6 Å². The van der Waals surface area contributed by atoms with E-state index in [1.54, 1.807) is 48.5 Å². The molecule has 174 valence electrons. The molecular weight excluding hydrogens is 444 g/mol. The number of aliphatic carboxylic acids is 1. The van der Waals surface area contributed by atoms with Crippen molar-refractivity contribution < 1.29 is 28.3 Å². The monoisotopic (exact) mass is 465 g/mol. The van der Waals surface area contributed by atoms with Crippen LogP contribution in [0, 0.1) is 11.6 Å². The number of halogens is 2. The third-order valence-electron chi connectivity index (χ3n) is 5.59. The molecule has 4 rings (SSSR count). The number of likely N-dealkylation sites (tertiary alicyclic amines) is 1. The van der Waals surface area contributed by atoms with E-state index >= 15 is 0 Å². The molecule has 3 amide bonds. The van der Waals surface area contributed by atoms with Crippen molar-refractivity contribution in [3.63, 3.8) is 0 Å². The van der Waals surface area contributed by atoms with E-state index in [2.05, 4.69) is 10.6 Å². The van der Waals surface area contributed by atoms with Crippen molar-refractivity contribution in [1.29, 1.82) is 0 Å². The average molecular weight is 465 g/mol. The first-order valence-corrected chi connectivity index (χ1v) is 10.6. The van der Waals surface area contributed by atoms with Crippen LogP contribution in [0.3, 0.4) is 0 Å². The molecule has 3 aromatic carbocycles. The lowest BCUT2D eigenvalue weighted by Gasteiger charge is -2.21. The molecule has 1 heterocycles. The Hall–Kier alpha value is -4.27. The molecule has 3 aromatic rings. The molecule has 34 heavy (non-hydrogen) atoms. The zero-order valence-electron chi connectivity index (χ0n) is 17.9. The Morgan fingerprint density at radius 2 is 1.53 bits per heavy atom. The second kappa shape index (κ2) is 9.70. The molecule has 0 spiro atoms. The maximum atomic E-state index is 13.7. The van der Waals surface area contributed by atoms with Crippen molar-refractivity contribution in [2.75, 3.05) is 17.2 Å². The maximum Gasteiger partial charge on any atom is 0.326 e. The van der Waals surface area contributed by atoms with Gasteiger partial charge in [0, 0.05) is 23.9 Å². The van der Waals surface area contributed by atoms with E-state index in [0.29, 0.717) is 36.7 Å². The number of amides is 3. The SMILES string of the molecule is O=C(Nc1ccc(-c2ccc(C(=O)N3CCC[C@@H]3C(=O)O)cc2)cc1)Nc1ccc(F)cc1F. The second-order valence-corrected chi connectivity index (χ2v) is 7.85. The molecule has 1 aliphatic rings. The highest BCUT2D eigenvalue weighted by Gasteiger charge is 2.34. The highest BCUT2D eigenvalue weighted by Crippen LogP contribution is 2.25. The number of urea groups is 1. The Morgan fingerprint density at radius 3 is 2.15 bits per heavy atom. The highest BCUT2D eigenvalue weighted by molar-refractivity contribution is 6.00. The number of rotatable bonds is 5. The van der Waals surface area contributed by atoms with Crippen LogP contribution in [0.15, 0.2) is 66.7 Å². The van der Waals surface area contributed by atoms with Crippen LogP contribution in [-0.4, -0.2) is 40.5 Å². The summed E-state index contributed by atoms with van der Waals surface area (Å²) in [5, 5.41) is 14.2. The quantitative estimate of drug-likeness (QED) is 0.496. The van der Waals surface area contributed by atoms with E-state index in [-0.39, 0.29) is 11.6 Å². The molecule has 1 atom stereocenters. The maximum absolute atomic E-state index is 13.7. The molecule has 0 saturated carbocycles. The predicted octanol–water partition coefficient (Wildman–Crippen LogP) is 4.97. The summed E-state index contributed by atoms with van der Waals surface area (Å²) in [5.41, 5.74) is 2.40. The standard InChI is InChI=1S/C25H21F2N3O4/c26-18-9-12-21(20(27)14-18)29-25(34)28-19-10-7-16(8-11-19)15-3-5-17(6-4-15)23(31)30-13-1-2-22(30)24(32)33/h3-12,14,22H,1-2,13H2,(H,32,33)(H2,28,29,34)/t22-/m1/s1. The van der Waals surface area contributed by atoms with E-state index in [1.807, 2.05) is 0 Å². The van der Waals surface area contributed by atoms with Crippen molar-refractivity contribution in [3.8, 4) is 11.1 Å². The Kier molecular flexibility index (Phi) is 6.53. The molecule has 0 bridgehead atoms. The number of carboxylic acids is 1. The van der Waals surface area contributed by atoms with Gasteiger partial charge >= 0.3 is 12.0 Å². The molecule has 0 aliphatic carbocycles. The molecular formula is C25H21F2N3O4. The first-order chi connectivity index (χ1) is 16.3. The Labute approximate surface area is 194 Å². The van der Waals surface area contributed by atoms with Gasteiger partial charge in [0.15, 0.2) is 0 Å². The van der Waals surface area contributed by atoms with Gasteiger partial charge in [0.2, 0.25) is 0 Å². The van der Waals surface area contributed by atoms with Crippen LogP contribution in [-0.2, 0) is 4.79 Å². The van der Waals surface area contributed by atoms with Crippen molar-refractivity contribution in [3.05, 3.63) is 83.9 Å². The summed E-state index contributed by atoms with van der Waals surface area (Å²) in [7, 11) is 0. The van der Waals surface area contributed by atoms with Crippen molar-refractivity contribution in [2.24, 2.45) is 0 Å². The van der Waals surface area contributed by atoms with Gasteiger partial charge in [-0.05, 0) is 60.4 Å². The van der Waals surface area contributed by atoms with Crippen LogP contribution in [0.4, 0.5) is 25.0 Å². The third kappa shape index (κ3) is 5.03. The van der Waals surface area contributed by atoms with Gasteiger partial charge in [-0.3, -0.25) is 4.79 Å². The number of carbonyl (C=O) groups excluding carboxylic acids is 2. The van der Waals surface area contributed by atoms with E-state index < -0.39 is 29.7 Å². The molecule has 7 nitrogen and oxygen atoms in total. The van der Waals surface area contributed by atoms with E-state index in [0.717, 1.165) is 23.3 Å². The van der Waals surface area contributed by atoms with Crippen LogP contribution in [0.2, 0.25) is 0 Å². The van der Waals surface area contributed by atoms with Crippen molar-refractivity contribution >= 4 is 29.3 Å². The van der Waals surface area contributed by atoms with E-state index in [4.69, 9.17) is 0 Å². The Bertz CT molecular complexity index is 1230. The van der Waals surface area contributed by atoms with Crippen LogP contribution < -0.4 is 10.6 Å². The normalized spacial score (nSPS) is 15.1. The number of nitrogens with one attached hydrogen (secondary N) is 2. The summed E-state index contributed by atoms with van der Waals surface area (Å²) in [6.07, 6.45) is 1.12. The highest BCUT2D eigenvalue weighted by atomic mass is 19.1. The van der Waals surface area contributed by atoms with Gasteiger partial charge in [-0.1, -0.05) is 24.3 Å². The zero-order chi connectivity index (χ0) is 24.2. The third-order valence-corrected chi connectivity index (χ3v) is 5.59. The number of anilines is 2. The first kappa shape index (κ1) is 22.9. The minimum atomic E-state index is -0.993. The predicted molar refractivity (Wildman–Crippen MR) is 123 cm³/mol. The summed E-state index contributed by atoms with van der Waals surface area (Å²) < 4.78 is 26.7. The van der Waals surface area contributed by atoms with Gasteiger partial charge in [-0.25, -0.2) is 18.4 Å². The molecule has 1 aliphatic heterocycles. The molecule has 0 aromatic heterocycles. The molecule has 9 heteroatoms. The first-order valence-electron chi connectivity index (χ1n) is 10.6. The van der Waals surface area contributed by atoms with Gasteiger partial charge in [-0.2, -0.15) is 0 Å². The van der Waals surface area contributed by atoms with E-state index in [1.165, 1.54) is 4.90 Å². The minimum absolute atomic E-state index is 0.145. The lowest BCUT2D eigenvalue weighted by atomic mass is 10.0. The Balaban J connectivity index is 1.39. The number of benzene rings is 3. The number of carbonyl (C=O) groups is 3. The molecule has 1 saturated heterocycles. The Morgan fingerprint density at radius 1 is 0.882 bits per heavy atom.